The van der Waals surface area contributed by atoms with Crippen molar-refractivity contribution >= 4 is 0 Å². The molecule has 0 bridgehead atoms. The van der Waals surface area contributed by atoms with Crippen LogP contribution in [0.2, 0.25) is 0 Å². The highest BCUT2D eigenvalue weighted by atomic mass is 19.1. The first-order valence-electron chi connectivity index (χ1n) is 6.31. The zero-order chi connectivity index (χ0) is 13.8. The first-order valence-corrected chi connectivity index (χ1v) is 6.31. The second-order valence-electron chi connectivity index (χ2n) is 4.79. The minimum absolute atomic E-state index is 0.292. The van der Waals surface area contributed by atoms with Crippen molar-refractivity contribution in [1.29, 1.82) is 0 Å². The maximum atomic E-state index is 13.5. The fourth-order valence-corrected chi connectivity index (χ4v) is 2.02. The van der Waals surface area contributed by atoms with Crippen molar-refractivity contribution in [1.82, 2.24) is 0 Å². The molecule has 0 aromatic heterocycles. The van der Waals surface area contributed by atoms with Crippen molar-refractivity contribution in [2.75, 3.05) is 0 Å². The summed E-state index contributed by atoms with van der Waals surface area (Å²) in [6.45, 7) is 1.70. The van der Waals surface area contributed by atoms with Crippen molar-refractivity contribution in [3.8, 4) is 0 Å². The molecule has 2 rings (SSSR count). The summed E-state index contributed by atoms with van der Waals surface area (Å²) in [6, 6.07) is 13.9. The number of rotatable bonds is 4. The summed E-state index contributed by atoms with van der Waals surface area (Å²) in [7, 11) is 0. The highest BCUT2D eigenvalue weighted by molar-refractivity contribution is 5.27. The third-order valence-electron chi connectivity index (χ3n) is 3.28. The topological polar surface area (TPSA) is 46.2 Å². The molecule has 0 spiro atoms. The molecule has 100 valence electrons. The number of aryl methyl sites for hydroxylation is 1. The van der Waals surface area contributed by atoms with Crippen molar-refractivity contribution < 1.29 is 9.50 Å². The number of nitrogens with two attached hydrogens (primary N) is 1. The van der Waals surface area contributed by atoms with E-state index in [1.807, 2.05) is 30.3 Å². The minimum Gasteiger partial charge on any atom is -0.391 e. The van der Waals surface area contributed by atoms with Gasteiger partial charge >= 0.3 is 0 Å². The molecule has 2 atom stereocenters. The van der Waals surface area contributed by atoms with Gasteiger partial charge in [0.25, 0.3) is 0 Å². The van der Waals surface area contributed by atoms with Crippen molar-refractivity contribution in [2.24, 2.45) is 5.73 Å². The van der Waals surface area contributed by atoms with E-state index in [0.717, 1.165) is 5.56 Å². The maximum absolute atomic E-state index is 13.5. The van der Waals surface area contributed by atoms with E-state index < -0.39 is 12.1 Å². The molecule has 0 unspecified atom stereocenters. The Morgan fingerprint density at radius 2 is 1.84 bits per heavy atom. The van der Waals surface area contributed by atoms with E-state index in [2.05, 4.69) is 0 Å². The van der Waals surface area contributed by atoms with E-state index in [1.54, 1.807) is 19.1 Å². The fraction of sp³-hybridized carbons (Fsp3) is 0.250. The monoisotopic (exact) mass is 259 g/mol. The summed E-state index contributed by atoms with van der Waals surface area (Å²) >= 11 is 0. The molecular weight excluding hydrogens is 241 g/mol. The Hall–Kier alpha value is -1.71. The molecule has 2 aromatic carbocycles. The molecule has 2 nitrogen and oxygen atoms in total. The Morgan fingerprint density at radius 1 is 1.16 bits per heavy atom. The van der Waals surface area contributed by atoms with Crippen molar-refractivity contribution in [3.05, 3.63) is 71.0 Å². The molecule has 0 fully saturated rings. The van der Waals surface area contributed by atoms with Crippen LogP contribution in [0.4, 0.5) is 4.39 Å². The van der Waals surface area contributed by atoms with Crippen LogP contribution >= 0.6 is 0 Å². The van der Waals surface area contributed by atoms with Gasteiger partial charge in [-0.15, -0.1) is 0 Å². The average molecular weight is 259 g/mol. The van der Waals surface area contributed by atoms with Crippen LogP contribution in [0.3, 0.4) is 0 Å². The summed E-state index contributed by atoms with van der Waals surface area (Å²) < 4.78 is 13.5. The molecule has 0 aliphatic heterocycles. The van der Waals surface area contributed by atoms with Gasteiger partial charge in [0.2, 0.25) is 0 Å². The van der Waals surface area contributed by atoms with Crippen molar-refractivity contribution in [3.63, 3.8) is 0 Å². The average Bonchev–Trinajstić information content (AvgIpc) is 2.42. The van der Waals surface area contributed by atoms with Crippen LogP contribution in [0.15, 0.2) is 48.5 Å². The van der Waals surface area contributed by atoms with Crippen LogP contribution in [0.25, 0.3) is 0 Å². The maximum Gasteiger partial charge on any atom is 0.126 e. The summed E-state index contributed by atoms with van der Waals surface area (Å²) in [6.07, 6.45) is -0.276. The quantitative estimate of drug-likeness (QED) is 0.887. The van der Waals surface area contributed by atoms with E-state index in [1.165, 1.54) is 6.07 Å². The predicted octanol–water partition coefficient (Wildman–Crippen LogP) is 2.74. The Balaban J connectivity index is 2.10. The predicted molar refractivity (Wildman–Crippen MR) is 74.2 cm³/mol. The SMILES string of the molecule is Cc1ccc([C@H](N)[C@H](O)Cc2ccccc2)cc1F. The second kappa shape index (κ2) is 5.95. The summed E-state index contributed by atoms with van der Waals surface area (Å²) in [5, 5.41) is 10.1. The molecule has 0 heterocycles. The molecule has 0 saturated heterocycles. The first-order chi connectivity index (χ1) is 9.08. The van der Waals surface area contributed by atoms with Gasteiger partial charge in [-0.2, -0.15) is 0 Å². The number of halogens is 1. The van der Waals surface area contributed by atoms with Crippen LogP contribution in [-0.4, -0.2) is 11.2 Å². The molecule has 0 amide bonds. The summed E-state index contributed by atoms with van der Waals surface area (Å²) in [5.41, 5.74) is 8.20. The van der Waals surface area contributed by atoms with Gasteiger partial charge in [0, 0.05) is 6.42 Å². The molecular formula is C16H18FNO. The molecule has 3 N–H and O–H groups in total. The molecule has 3 heteroatoms. The van der Waals surface area contributed by atoms with Crippen LogP contribution in [-0.2, 0) is 6.42 Å². The van der Waals surface area contributed by atoms with Crippen LogP contribution in [0.5, 0.6) is 0 Å². The number of hydrogen-bond donors (Lipinski definition) is 2. The highest BCUT2D eigenvalue weighted by Crippen LogP contribution is 2.20. The molecule has 0 aliphatic rings. The lowest BCUT2D eigenvalue weighted by Crippen LogP contribution is -2.28. The van der Waals surface area contributed by atoms with Gasteiger partial charge in [0.1, 0.15) is 5.82 Å². The summed E-state index contributed by atoms with van der Waals surface area (Å²) in [4.78, 5) is 0. The van der Waals surface area contributed by atoms with E-state index in [-0.39, 0.29) is 5.82 Å². The Kier molecular flexibility index (Phi) is 4.30. The van der Waals surface area contributed by atoms with Crippen LogP contribution in [0, 0.1) is 12.7 Å². The lowest BCUT2D eigenvalue weighted by molar-refractivity contribution is 0.145. The molecule has 0 radical (unpaired) electrons. The van der Waals surface area contributed by atoms with Gasteiger partial charge in [-0.1, -0.05) is 42.5 Å². The van der Waals surface area contributed by atoms with Gasteiger partial charge < -0.3 is 10.8 Å². The van der Waals surface area contributed by atoms with Crippen LogP contribution in [0.1, 0.15) is 22.7 Å². The molecule has 0 saturated carbocycles. The third kappa shape index (κ3) is 3.40. The van der Waals surface area contributed by atoms with E-state index in [4.69, 9.17) is 5.73 Å². The molecule has 0 aliphatic carbocycles. The van der Waals surface area contributed by atoms with Gasteiger partial charge in [-0.05, 0) is 29.7 Å². The number of benzene rings is 2. The Morgan fingerprint density at radius 3 is 2.47 bits per heavy atom. The fourth-order valence-electron chi connectivity index (χ4n) is 2.02. The second-order valence-corrected chi connectivity index (χ2v) is 4.79. The lowest BCUT2D eigenvalue weighted by Gasteiger charge is -2.19. The van der Waals surface area contributed by atoms with Gasteiger partial charge in [-0.25, -0.2) is 4.39 Å². The van der Waals surface area contributed by atoms with E-state index in [0.29, 0.717) is 17.5 Å². The zero-order valence-corrected chi connectivity index (χ0v) is 10.9. The largest absolute Gasteiger partial charge is 0.391 e. The van der Waals surface area contributed by atoms with Gasteiger partial charge in [-0.3, -0.25) is 0 Å². The number of hydrogen-bond acceptors (Lipinski definition) is 2. The smallest absolute Gasteiger partial charge is 0.126 e. The highest BCUT2D eigenvalue weighted by Gasteiger charge is 2.18. The van der Waals surface area contributed by atoms with E-state index >= 15 is 0 Å². The number of aliphatic hydroxyl groups excluding tert-OH is 1. The van der Waals surface area contributed by atoms with E-state index in [9.17, 15) is 9.50 Å². The summed E-state index contributed by atoms with van der Waals surface area (Å²) in [5.74, 6) is -0.292. The van der Waals surface area contributed by atoms with Crippen molar-refractivity contribution in [2.45, 2.75) is 25.5 Å². The minimum atomic E-state index is -0.732. The Labute approximate surface area is 112 Å². The Bertz CT molecular complexity index is 542. The molecule has 19 heavy (non-hydrogen) atoms. The number of aliphatic hydroxyl groups is 1. The third-order valence-corrected chi connectivity index (χ3v) is 3.28. The van der Waals surface area contributed by atoms with Gasteiger partial charge in [0.15, 0.2) is 0 Å². The molecule has 2 aromatic rings. The lowest BCUT2D eigenvalue weighted by atomic mass is 9.96. The standard InChI is InChI=1S/C16H18FNO/c1-11-7-8-13(10-14(11)17)16(18)15(19)9-12-5-3-2-4-6-12/h2-8,10,15-16,19H,9,18H2,1H3/t15-,16+/m1/s1. The normalized spacial score (nSPS) is 14.1. The zero-order valence-electron chi connectivity index (χ0n) is 10.9. The first kappa shape index (κ1) is 13.7. The van der Waals surface area contributed by atoms with Crippen LogP contribution < -0.4 is 5.73 Å². The van der Waals surface area contributed by atoms with Gasteiger partial charge in [0.05, 0.1) is 12.1 Å².